The molecule has 3 rings (SSSR count). The minimum Gasteiger partial charge on any atom is -0.461 e. The van der Waals surface area contributed by atoms with Crippen molar-refractivity contribution in [3.8, 4) is 11.6 Å². The van der Waals surface area contributed by atoms with Gasteiger partial charge in [-0.2, -0.15) is 13.2 Å². The van der Waals surface area contributed by atoms with Crippen molar-refractivity contribution in [1.29, 1.82) is 0 Å². The summed E-state index contributed by atoms with van der Waals surface area (Å²) in [5, 5.41) is 12.9. The summed E-state index contributed by atoms with van der Waals surface area (Å²) in [5.41, 5.74) is 0.0251. The van der Waals surface area contributed by atoms with Crippen molar-refractivity contribution in [2.45, 2.75) is 19.3 Å². The number of aromatic amines is 1. The van der Waals surface area contributed by atoms with Gasteiger partial charge in [-0.25, -0.2) is 4.98 Å². The maximum absolute atomic E-state index is 12.6. The molecule has 0 aliphatic heterocycles. The number of H-pyrrole nitrogens is 1. The molecule has 3 aromatic rings. The second-order valence-electron chi connectivity index (χ2n) is 5.56. The lowest BCUT2D eigenvalue weighted by Gasteiger charge is -2.12. The molecule has 0 amide bonds. The van der Waals surface area contributed by atoms with Crippen molar-refractivity contribution < 1.29 is 17.6 Å². The van der Waals surface area contributed by atoms with E-state index in [1.165, 1.54) is 18.4 Å². The monoisotopic (exact) mass is 506 g/mol. The van der Waals surface area contributed by atoms with Crippen LogP contribution in [-0.4, -0.2) is 28.2 Å². The maximum atomic E-state index is 12.6. The van der Waals surface area contributed by atoms with E-state index in [2.05, 4.69) is 30.8 Å². The van der Waals surface area contributed by atoms with Crippen LogP contribution < -0.4 is 10.6 Å². The number of rotatable bonds is 5. The second-order valence-corrected chi connectivity index (χ2v) is 5.56. The van der Waals surface area contributed by atoms with Gasteiger partial charge in [0.05, 0.1) is 18.4 Å². The average Bonchev–Trinajstić information content (AvgIpc) is 3.33. The number of nitrogens with zero attached hydrogens (tertiary/aromatic N) is 3. The number of nitrogens with one attached hydrogen (secondary N) is 3. The van der Waals surface area contributed by atoms with Crippen LogP contribution in [0.5, 0.6) is 0 Å². The molecule has 0 atom stereocenters. The van der Waals surface area contributed by atoms with Gasteiger partial charge in [0, 0.05) is 13.6 Å². The summed E-state index contributed by atoms with van der Waals surface area (Å²) >= 11 is 0. The molecular formula is C17H18F3IN6O. The van der Waals surface area contributed by atoms with E-state index < -0.39 is 11.7 Å². The van der Waals surface area contributed by atoms with Crippen LogP contribution in [0.25, 0.3) is 11.6 Å². The number of aliphatic imine (C=N–C) groups is 1. The van der Waals surface area contributed by atoms with E-state index in [1.54, 1.807) is 19.2 Å². The van der Waals surface area contributed by atoms with Crippen molar-refractivity contribution in [1.82, 2.24) is 25.8 Å². The van der Waals surface area contributed by atoms with Crippen molar-refractivity contribution in [2.24, 2.45) is 4.99 Å². The molecule has 1 aromatic carbocycles. The number of hydrogen-bond acceptors (Lipinski definition) is 4. The zero-order valence-electron chi connectivity index (χ0n) is 14.7. The Hall–Kier alpha value is -2.57. The number of halogens is 4. The molecule has 3 N–H and O–H groups in total. The minimum atomic E-state index is -4.34. The Bertz CT molecular complexity index is 891. The van der Waals surface area contributed by atoms with Crippen LogP contribution in [0.1, 0.15) is 17.0 Å². The first-order valence-electron chi connectivity index (χ1n) is 8.01. The highest BCUT2D eigenvalue weighted by molar-refractivity contribution is 14.0. The molecule has 0 unspecified atom stereocenters. The number of furan rings is 1. The van der Waals surface area contributed by atoms with Gasteiger partial charge < -0.3 is 15.1 Å². The highest BCUT2D eigenvalue weighted by Gasteiger charge is 2.29. The van der Waals surface area contributed by atoms with Gasteiger partial charge in [-0.05, 0) is 29.8 Å². The minimum absolute atomic E-state index is 0. The Labute approximate surface area is 175 Å². The zero-order chi connectivity index (χ0) is 19.3. The molecule has 0 fully saturated rings. The largest absolute Gasteiger partial charge is 0.461 e. The summed E-state index contributed by atoms with van der Waals surface area (Å²) in [6.07, 6.45) is -2.80. The molecule has 0 spiro atoms. The molecule has 2 aromatic heterocycles. The number of aromatic nitrogens is 3. The highest BCUT2D eigenvalue weighted by Crippen LogP contribution is 2.29. The summed E-state index contributed by atoms with van der Waals surface area (Å²) < 4.78 is 43.0. The quantitative estimate of drug-likeness (QED) is 0.280. The number of hydrogen-bond donors (Lipinski definition) is 3. The first-order valence-corrected chi connectivity index (χ1v) is 8.01. The van der Waals surface area contributed by atoms with Gasteiger partial charge in [0.2, 0.25) is 5.82 Å². The number of guanidine groups is 1. The van der Waals surface area contributed by atoms with Crippen molar-refractivity contribution in [3.05, 3.63) is 59.6 Å². The predicted molar refractivity (Wildman–Crippen MR) is 108 cm³/mol. The van der Waals surface area contributed by atoms with Crippen LogP contribution >= 0.6 is 24.0 Å². The highest BCUT2D eigenvalue weighted by atomic mass is 127. The van der Waals surface area contributed by atoms with E-state index in [9.17, 15) is 13.2 Å². The average molecular weight is 506 g/mol. The fourth-order valence-corrected chi connectivity index (χ4v) is 2.28. The molecule has 150 valence electrons. The van der Waals surface area contributed by atoms with Crippen molar-refractivity contribution >= 4 is 29.9 Å². The second kappa shape index (κ2) is 9.57. The van der Waals surface area contributed by atoms with E-state index in [1.807, 2.05) is 0 Å². The first-order chi connectivity index (χ1) is 13.0. The molecule has 0 saturated carbocycles. The maximum Gasteiger partial charge on any atom is 0.416 e. The molecule has 7 nitrogen and oxygen atoms in total. The van der Waals surface area contributed by atoms with Gasteiger partial charge in [0.1, 0.15) is 5.82 Å². The predicted octanol–water partition coefficient (Wildman–Crippen LogP) is 3.57. The van der Waals surface area contributed by atoms with Gasteiger partial charge >= 0.3 is 6.18 Å². The van der Waals surface area contributed by atoms with Gasteiger partial charge in [-0.15, -0.1) is 29.1 Å². The van der Waals surface area contributed by atoms with E-state index >= 15 is 0 Å². The third-order valence-corrected chi connectivity index (χ3v) is 3.66. The fraction of sp³-hybridized carbons (Fsp3) is 0.235. The molecule has 0 radical (unpaired) electrons. The molecule has 2 heterocycles. The lowest BCUT2D eigenvalue weighted by molar-refractivity contribution is -0.137. The number of alkyl halides is 3. The van der Waals surface area contributed by atoms with Crippen LogP contribution in [0.15, 0.2) is 52.1 Å². The molecule has 28 heavy (non-hydrogen) atoms. The topological polar surface area (TPSA) is 91.1 Å². The number of benzene rings is 1. The van der Waals surface area contributed by atoms with Gasteiger partial charge in [0.15, 0.2) is 11.7 Å². The lowest BCUT2D eigenvalue weighted by Crippen LogP contribution is -2.36. The molecular weight excluding hydrogens is 488 g/mol. The molecule has 0 bridgehead atoms. The Morgan fingerprint density at radius 2 is 1.86 bits per heavy atom. The smallest absolute Gasteiger partial charge is 0.416 e. The Morgan fingerprint density at radius 3 is 2.46 bits per heavy atom. The van der Waals surface area contributed by atoms with E-state index in [4.69, 9.17) is 4.42 Å². The summed E-state index contributed by atoms with van der Waals surface area (Å²) in [5.74, 6) is 2.07. The lowest BCUT2D eigenvalue weighted by atomic mass is 10.1. The summed E-state index contributed by atoms with van der Waals surface area (Å²) in [4.78, 5) is 8.36. The summed E-state index contributed by atoms with van der Waals surface area (Å²) in [6, 6.07) is 8.46. The van der Waals surface area contributed by atoms with Crippen LogP contribution in [0, 0.1) is 0 Å². The Morgan fingerprint density at radius 1 is 1.14 bits per heavy atom. The molecule has 0 aliphatic rings. The van der Waals surface area contributed by atoms with Gasteiger partial charge in [-0.1, -0.05) is 12.1 Å². The molecule has 11 heteroatoms. The SMILES string of the molecule is CN=C(NCc1ccc(C(F)(F)F)cc1)NCc1nc(-c2ccco2)n[nH]1.I. The zero-order valence-corrected chi connectivity index (χ0v) is 17.1. The standard InChI is InChI=1S/C17H17F3N6O.HI/c1-21-16(22-9-11-4-6-12(7-5-11)17(18,19)20)23-10-14-24-15(26-25-14)13-3-2-8-27-13;/h2-8H,9-10H2,1H3,(H2,21,22,23)(H,24,25,26);1H. The van der Waals surface area contributed by atoms with Crippen LogP contribution in [0.4, 0.5) is 13.2 Å². The van der Waals surface area contributed by atoms with Crippen LogP contribution in [0.3, 0.4) is 0 Å². The normalized spacial score (nSPS) is 11.8. The van der Waals surface area contributed by atoms with Crippen molar-refractivity contribution in [2.75, 3.05) is 7.05 Å². The van der Waals surface area contributed by atoms with E-state index in [0.29, 0.717) is 42.0 Å². The third kappa shape index (κ3) is 5.71. The van der Waals surface area contributed by atoms with Crippen molar-refractivity contribution in [3.63, 3.8) is 0 Å². The summed E-state index contributed by atoms with van der Waals surface area (Å²) in [6.45, 7) is 0.659. The van der Waals surface area contributed by atoms with Crippen LogP contribution in [-0.2, 0) is 19.3 Å². The summed E-state index contributed by atoms with van der Waals surface area (Å²) in [7, 11) is 1.59. The molecule has 0 saturated heterocycles. The van der Waals surface area contributed by atoms with Crippen LogP contribution in [0.2, 0.25) is 0 Å². The van der Waals surface area contributed by atoms with Gasteiger partial charge in [-0.3, -0.25) is 10.1 Å². The fourth-order valence-electron chi connectivity index (χ4n) is 2.28. The molecule has 0 aliphatic carbocycles. The third-order valence-electron chi connectivity index (χ3n) is 3.66. The Kier molecular flexibility index (Phi) is 7.43. The van der Waals surface area contributed by atoms with E-state index in [-0.39, 0.29) is 24.0 Å². The van der Waals surface area contributed by atoms with E-state index in [0.717, 1.165) is 12.1 Å². The first kappa shape index (κ1) is 21.7. The van der Waals surface area contributed by atoms with Gasteiger partial charge in [0.25, 0.3) is 0 Å². The Balaban J connectivity index is 0.00000280.